The van der Waals surface area contributed by atoms with Crippen LogP contribution < -0.4 is 5.32 Å². The molecule has 0 spiro atoms. The monoisotopic (exact) mass is 475 g/mol. The summed E-state index contributed by atoms with van der Waals surface area (Å²) in [6.45, 7) is 9.50. The highest BCUT2D eigenvalue weighted by Gasteiger charge is 2.25. The summed E-state index contributed by atoms with van der Waals surface area (Å²) in [7, 11) is -1.92. The molecule has 9 heteroatoms. The Bertz CT molecular complexity index is 717. The average molecular weight is 476 g/mol. The van der Waals surface area contributed by atoms with E-state index >= 15 is 0 Å². The molecule has 2 aliphatic rings. The van der Waals surface area contributed by atoms with E-state index in [0.29, 0.717) is 29.6 Å². The normalized spacial score (nSPS) is 17.0. The van der Waals surface area contributed by atoms with E-state index in [1.54, 1.807) is 28.6 Å². The Labute approximate surface area is 193 Å². The van der Waals surface area contributed by atoms with Gasteiger partial charge in [0.15, 0.2) is 0 Å². The SMILES string of the molecule is CC.COC(=O)NCCCN1CCCC1.O=S(=O)(c1ccc(Cl)cc1)N1CCCCC1. The fourth-order valence-corrected chi connectivity index (χ4v) is 5.08. The third kappa shape index (κ3) is 10.2. The van der Waals surface area contributed by atoms with E-state index in [4.69, 9.17) is 11.6 Å². The van der Waals surface area contributed by atoms with Crippen LogP contribution in [0.3, 0.4) is 0 Å². The van der Waals surface area contributed by atoms with Crippen molar-refractivity contribution in [3.05, 3.63) is 29.3 Å². The summed E-state index contributed by atoms with van der Waals surface area (Å²) in [4.78, 5) is 13.4. The van der Waals surface area contributed by atoms with Gasteiger partial charge < -0.3 is 15.0 Å². The first-order chi connectivity index (χ1) is 14.9. The Morgan fingerprint density at radius 3 is 2.10 bits per heavy atom. The topological polar surface area (TPSA) is 79.0 Å². The maximum atomic E-state index is 12.2. The Balaban J connectivity index is 0.000000293. The van der Waals surface area contributed by atoms with Gasteiger partial charge in [-0.2, -0.15) is 4.31 Å². The van der Waals surface area contributed by atoms with Gasteiger partial charge in [-0.1, -0.05) is 31.9 Å². The van der Waals surface area contributed by atoms with Crippen LogP contribution in [0.15, 0.2) is 29.2 Å². The molecular formula is C22H38ClN3O4S. The maximum Gasteiger partial charge on any atom is 0.406 e. The molecule has 2 fully saturated rings. The molecule has 0 radical (unpaired) electrons. The second-order valence-electron chi connectivity index (χ2n) is 7.24. The molecule has 3 rings (SSSR count). The summed E-state index contributed by atoms with van der Waals surface area (Å²) < 4.78 is 30.4. The highest BCUT2D eigenvalue weighted by Crippen LogP contribution is 2.21. The molecule has 1 aromatic rings. The molecule has 1 aromatic carbocycles. The second-order valence-corrected chi connectivity index (χ2v) is 9.61. The lowest BCUT2D eigenvalue weighted by Gasteiger charge is -2.25. The van der Waals surface area contributed by atoms with Crippen LogP contribution >= 0.6 is 11.6 Å². The number of halogens is 1. The Hall–Kier alpha value is -1.35. The molecule has 7 nitrogen and oxygen atoms in total. The minimum Gasteiger partial charge on any atom is -0.453 e. The van der Waals surface area contributed by atoms with Crippen molar-refractivity contribution < 1.29 is 17.9 Å². The van der Waals surface area contributed by atoms with Crippen molar-refractivity contribution in [3.63, 3.8) is 0 Å². The molecule has 1 N–H and O–H groups in total. The number of carbonyl (C=O) groups is 1. The van der Waals surface area contributed by atoms with Crippen LogP contribution in [0.5, 0.6) is 0 Å². The van der Waals surface area contributed by atoms with Crippen molar-refractivity contribution in [2.75, 3.05) is 46.4 Å². The van der Waals surface area contributed by atoms with Gasteiger partial charge in [-0.25, -0.2) is 13.2 Å². The van der Waals surface area contributed by atoms with Gasteiger partial charge in [0.25, 0.3) is 0 Å². The zero-order valence-corrected chi connectivity index (χ0v) is 20.7. The smallest absolute Gasteiger partial charge is 0.406 e. The van der Waals surface area contributed by atoms with Crippen LogP contribution in [0.2, 0.25) is 5.02 Å². The quantitative estimate of drug-likeness (QED) is 0.618. The zero-order chi connectivity index (χ0) is 23.1. The van der Waals surface area contributed by atoms with Gasteiger partial charge in [-0.05, 0) is 76.0 Å². The minimum atomic E-state index is -3.30. The van der Waals surface area contributed by atoms with Crippen molar-refractivity contribution in [2.24, 2.45) is 0 Å². The summed E-state index contributed by atoms with van der Waals surface area (Å²) in [5, 5.41) is 3.22. The number of hydrogen-bond acceptors (Lipinski definition) is 5. The molecule has 31 heavy (non-hydrogen) atoms. The van der Waals surface area contributed by atoms with Crippen molar-refractivity contribution in [1.82, 2.24) is 14.5 Å². The van der Waals surface area contributed by atoms with Gasteiger partial charge in [0, 0.05) is 24.7 Å². The van der Waals surface area contributed by atoms with E-state index in [0.717, 1.165) is 32.2 Å². The summed E-state index contributed by atoms with van der Waals surface area (Å²) in [6.07, 6.45) is 6.34. The maximum absolute atomic E-state index is 12.2. The molecule has 0 unspecified atom stereocenters. The Kier molecular flexibility index (Phi) is 13.8. The first kappa shape index (κ1) is 27.7. The number of amides is 1. The van der Waals surface area contributed by atoms with Crippen molar-refractivity contribution >= 4 is 27.7 Å². The summed E-state index contributed by atoms with van der Waals surface area (Å²) >= 11 is 5.74. The number of rotatable bonds is 6. The predicted octanol–water partition coefficient (Wildman–Crippen LogP) is 4.37. The highest BCUT2D eigenvalue weighted by molar-refractivity contribution is 7.89. The number of methoxy groups -OCH3 is 1. The molecule has 2 aliphatic heterocycles. The van der Waals surface area contributed by atoms with E-state index in [-0.39, 0.29) is 6.09 Å². The lowest BCUT2D eigenvalue weighted by molar-refractivity contribution is 0.170. The van der Waals surface area contributed by atoms with Crippen molar-refractivity contribution in [3.8, 4) is 0 Å². The van der Waals surface area contributed by atoms with E-state index < -0.39 is 10.0 Å². The number of nitrogens with one attached hydrogen (secondary N) is 1. The minimum absolute atomic E-state index is 0.332. The number of benzene rings is 1. The van der Waals surface area contributed by atoms with Gasteiger partial charge in [0.2, 0.25) is 10.0 Å². The lowest BCUT2D eigenvalue weighted by atomic mass is 10.2. The van der Waals surface area contributed by atoms with E-state index in [1.807, 2.05) is 13.8 Å². The molecule has 178 valence electrons. The highest BCUT2D eigenvalue weighted by atomic mass is 35.5. The molecule has 2 heterocycles. The van der Waals surface area contributed by atoms with E-state index in [1.165, 1.54) is 33.0 Å². The second kappa shape index (κ2) is 15.5. The molecule has 0 atom stereocenters. The summed E-state index contributed by atoms with van der Waals surface area (Å²) in [5.41, 5.74) is 0. The van der Waals surface area contributed by atoms with Gasteiger partial charge in [-0.3, -0.25) is 0 Å². The van der Waals surface area contributed by atoms with E-state index in [2.05, 4.69) is 15.0 Å². The summed E-state index contributed by atoms with van der Waals surface area (Å²) in [6, 6.07) is 6.34. The van der Waals surface area contributed by atoms with Crippen molar-refractivity contribution in [2.45, 2.75) is 57.3 Å². The van der Waals surface area contributed by atoms with Crippen LogP contribution in [0.4, 0.5) is 4.79 Å². The van der Waals surface area contributed by atoms with Crippen LogP contribution in [0.25, 0.3) is 0 Å². The summed E-state index contributed by atoms with van der Waals surface area (Å²) in [5.74, 6) is 0. The third-order valence-corrected chi connectivity index (χ3v) is 7.24. The number of nitrogens with zero attached hydrogens (tertiary/aromatic N) is 2. The zero-order valence-electron chi connectivity index (χ0n) is 19.1. The van der Waals surface area contributed by atoms with Crippen molar-refractivity contribution in [1.29, 1.82) is 0 Å². The van der Waals surface area contributed by atoms with Gasteiger partial charge >= 0.3 is 6.09 Å². The van der Waals surface area contributed by atoms with Crippen LogP contribution in [-0.2, 0) is 14.8 Å². The average Bonchev–Trinajstić information content (AvgIpc) is 3.33. The molecule has 2 saturated heterocycles. The third-order valence-electron chi connectivity index (χ3n) is 5.07. The molecular weight excluding hydrogens is 438 g/mol. The fourth-order valence-electron chi connectivity index (χ4n) is 3.43. The number of sulfonamides is 1. The molecule has 0 aromatic heterocycles. The largest absolute Gasteiger partial charge is 0.453 e. The van der Waals surface area contributed by atoms with Gasteiger partial charge in [-0.15, -0.1) is 0 Å². The lowest BCUT2D eigenvalue weighted by Crippen LogP contribution is -2.35. The number of alkyl carbamates (subject to hydrolysis) is 1. The molecule has 0 saturated carbocycles. The molecule has 0 bridgehead atoms. The van der Waals surface area contributed by atoms with Crippen LogP contribution in [0.1, 0.15) is 52.4 Å². The predicted molar refractivity (Wildman–Crippen MR) is 126 cm³/mol. The Morgan fingerprint density at radius 1 is 1.00 bits per heavy atom. The van der Waals surface area contributed by atoms with Gasteiger partial charge in [0.1, 0.15) is 0 Å². The van der Waals surface area contributed by atoms with Crippen LogP contribution in [0, 0.1) is 0 Å². The van der Waals surface area contributed by atoms with E-state index in [9.17, 15) is 13.2 Å². The molecule has 1 amide bonds. The molecule has 0 aliphatic carbocycles. The standard InChI is InChI=1S/C11H14ClNO2S.C9H18N2O2.C2H6/c12-10-4-6-11(7-5-10)16(14,15)13-8-2-1-3-9-13;1-13-9(12)10-5-4-8-11-6-2-3-7-11;1-2/h4-7H,1-3,8-9H2;2-8H2,1H3,(H,10,12);1-2H3. The number of piperidine rings is 1. The first-order valence-electron chi connectivity index (χ1n) is 11.2. The number of carbonyl (C=O) groups excluding carboxylic acids is 1. The van der Waals surface area contributed by atoms with Gasteiger partial charge in [0.05, 0.1) is 12.0 Å². The fraction of sp³-hybridized carbons (Fsp3) is 0.682. The first-order valence-corrected chi connectivity index (χ1v) is 13.0. The Morgan fingerprint density at radius 2 is 1.55 bits per heavy atom. The number of likely N-dealkylation sites (tertiary alicyclic amines) is 1. The van der Waals surface area contributed by atoms with Crippen LogP contribution in [-0.4, -0.2) is 70.1 Å². The number of hydrogen-bond donors (Lipinski definition) is 1. The number of ether oxygens (including phenoxy) is 1.